The van der Waals surface area contributed by atoms with Gasteiger partial charge >= 0.3 is 0 Å². The number of benzene rings is 1. The molecule has 0 spiro atoms. The second-order valence-corrected chi connectivity index (χ2v) is 5.40. The monoisotopic (exact) mass is 296 g/mol. The predicted octanol–water partition coefficient (Wildman–Crippen LogP) is 2.89. The molecule has 1 aromatic carbocycles. The van der Waals surface area contributed by atoms with Gasteiger partial charge in [-0.1, -0.05) is 25.1 Å². The molecule has 5 heteroatoms. The number of hydrogen-bond donors (Lipinski definition) is 1. The molecule has 0 saturated heterocycles. The summed E-state index contributed by atoms with van der Waals surface area (Å²) in [4.78, 5) is 23.0. The lowest BCUT2D eigenvalue weighted by Gasteiger charge is -2.29. The molecule has 2 heterocycles. The zero-order valence-corrected chi connectivity index (χ0v) is 12.7. The number of carbonyl (C=O) groups excluding carboxylic acids is 1. The van der Waals surface area contributed by atoms with Gasteiger partial charge in [-0.3, -0.25) is 4.79 Å². The fraction of sp³-hybridized carbons (Fsp3) is 0.353. The average molecular weight is 296 g/mol. The number of nitrogens with zero attached hydrogens (tertiary/aromatic N) is 3. The van der Waals surface area contributed by atoms with Gasteiger partial charge in [-0.25, -0.2) is 9.97 Å². The highest BCUT2D eigenvalue weighted by Crippen LogP contribution is 2.27. The van der Waals surface area contributed by atoms with E-state index in [1.165, 1.54) is 5.56 Å². The lowest BCUT2D eigenvalue weighted by Crippen LogP contribution is -2.36. The summed E-state index contributed by atoms with van der Waals surface area (Å²) in [7, 11) is 0. The number of aryl methyl sites for hydroxylation is 1. The number of carbonyl (C=O) groups is 1. The molecule has 22 heavy (non-hydrogen) atoms. The fourth-order valence-electron chi connectivity index (χ4n) is 2.67. The average Bonchev–Trinajstić information content (AvgIpc) is 2.59. The van der Waals surface area contributed by atoms with Crippen molar-refractivity contribution in [2.24, 2.45) is 0 Å². The number of anilines is 2. The van der Waals surface area contributed by atoms with Gasteiger partial charge in [0.15, 0.2) is 0 Å². The Hall–Kier alpha value is -2.43. The first-order valence-corrected chi connectivity index (χ1v) is 7.75. The predicted molar refractivity (Wildman–Crippen MR) is 87.3 cm³/mol. The molecule has 1 aromatic heterocycles. The van der Waals surface area contributed by atoms with Crippen LogP contribution in [-0.4, -0.2) is 29.0 Å². The molecule has 5 nitrogen and oxygen atoms in total. The van der Waals surface area contributed by atoms with Crippen LogP contribution < -0.4 is 10.2 Å². The maximum atomic E-state index is 12.7. The SMILES string of the molecule is CCCNc1cnc(C(=O)N2CCCc3ccccc32)cn1. The van der Waals surface area contributed by atoms with Crippen molar-refractivity contribution in [3.05, 3.63) is 47.9 Å². The van der Waals surface area contributed by atoms with Gasteiger partial charge in [-0.2, -0.15) is 0 Å². The Labute approximate surface area is 130 Å². The van der Waals surface area contributed by atoms with Crippen molar-refractivity contribution < 1.29 is 4.79 Å². The molecular weight excluding hydrogens is 276 g/mol. The largest absolute Gasteiger partial charge is 0.369 e. The van der Waals surface area contributed by atoms with Gasteiger partial charge in [0.2, 0.25) is 0 Å². The number of amides is 1. The number of aromatic nitrogens is 2. The third kappa shape index (κ3) is 2.93. The number of fused-ring (bicyclic) bond motifs is 1. The topological polar surface area (TPSA) is 58.1 Å². The molecular formula is C17H20N4O. The van der Waals surface area contributed by atoms with Gasteiger partial charge in [0.05, 0.1) is 12.4 Å². The van der Waals surface area contributed by atoms with Crippen molar-refractivity contribution in [1.82, 2.24) is 9.97 Å². The Morgan fingerprint density at radius 3 is 2.91 bits per heavy atom. The Bertz CT molecular complexity index is 654. The summed E-state index contributed by atoms with van der Waals surface area (Å²) in [6.45, 7) is 3.67. The van der Waals surface area contributed by atoms with Crippen LogP contribution in [0, 0.1) is 0 Å². The van der Waals surface area contributed by atoms with E-state index >= 15 is 0 Å². The van der Waals surface area contributed by atoms with Crippen molar-refractivity contribution in [1.29, 1.82) is 0 Å². The Morgan fingerprint density at radius 2 is 2.14 bits per heavy atom. The van der Waals surface area contributed by atoms with Crippen LogP contribution >= 0.6 is 0 Å². The number of rotatable bonds is 4. The molecule has 0 unspecified atom stereocenters. The first kappa shape index (κ1) is 14.5. The second-order valence-electron chi connectivity index (χ2n) is 5.40. The van der Waals surface area contributed by atoms with Crippen molar-refractivity contribution >= 4 is 17.4 Å². The van der Waals surface area contributed by atoms with Crippen LogP contribution in [0.2, 0.25) is 0 Å². The molecule has 2 aromatic rings. The normalized spacial score (nSPS) is 13.6. The Kier molecular flexibility index (Phi) is 4.32. The summed E-state index contributed by atoms with van der Waals surface area (Å²) in [6, 6.07) is 8.06. The summed E-state index contributed by atoms with van der Waals surface area (Å²) in [5, 5.41) is 3.16. The van der Waals surface area contributed by atoms with Crippen LogP contribution in [0.1, 0.15) is 35.8 Å². The van der Waals surface area contributed by atoms with Crippen LogP contribution in [0.3, 0.4) is 0 Å². The van der Waals surface area contributed by atoms with E-state index in [2.05, 4.69) is 28.3 Å². The van der Waals surface area contributed by atoms with E-state index in [-0.39, 0.29) is 5.91 Å². The minimum atomic E-state index is -0.0818. The van der Waals surface area contributed by atoms with Crippen LogP contribution in [-0.2, 0) is 6.42 Å². The summed E-state index contributed by atoms with van der Waals surface area (Å²) < 4.78 is 0. The summed E-state index contributed by atoms with van der Waals surface area (Å²) >= 11 is 0. The molecule has 1 aliphatic heterocycles. The van der Waals surface area contributed by atoms with Gasteiger partial charge in [-0.15, -0.1) is 0 Å². The number of hydrogen-bond acceptors (Lipinski definition) is 4. The first-order chi connectivity index (χ1) is 10.8. The van der Waals surface area contributed by atoms with E-state index in [0.717, 1.165) is 38.0 Å². The molecule has 0 aliphatic carbocycles. The van der Waals surface area contributed by atoms with Gasteiger partial charge in [0.1, 0.15) is 11.5 Å². The minimum Gasteiger partial charge on any atom is -0.369 e. The van der Waals surface area contributed by atoms with Gasteiger partial charge in [0, 0.05) is 18.8 Å². The second kappa shape index (κ2) is 6.56. The fourth-order valence-corrected chi connectivity index (χ4v) is 2.67. The third-order valence-electron chi connectivity index (χ3n) is 3.78. The van der Waals surface area contributed by atoms with E-state index in [9.17, 15) is 4.79 Å². The summed E-state index contributed by atoms with van der Waals surface area (Å²) in [5.74, 6) is 0.624. The quantitative estimate of drug-likeness (QED) is 0.942. The molecule has 1 amide bonds. The standard InChI is InChI=1S/C17H20N4O/c1-2-9-18-16-12-19-14(11-20-16)17(22)21-10-5-7-13-6-3-4-8-15(13)21/h3-4,6,8,11-12H,2,5,7,9-10H2,1H3,(H,18,20). The van der Waals surface area contributed by atoms with E-state index in [4.69, 9.17) is 0 Å². The molecule has 0 radical (unpaired) electrons. The van der Waals surface area contributed by atoms with E-state index in [1.54, 1.807) is 12.4 Å². The minimum absolute atomic E-state index is 0.0818. The molecule has 0 atom stereocenters. The summed E-state index contributed by atoms with van der Waals surface area (Å²) in [5.41, 5.74) is 2.60. The van der Waals surface area contributed by atoms with E-state index in [1.807, 2.05) is 23.1 Å². The lowest BCUT2D eigenvalue weighted by molar-refractivity contribution is 0.0980. The molecule has 0 fully saturated rings. The van der Waals surface area contributed by atoms with Crippen molar-refractivity contribution in [3.63, 3.8) is 0 Å². The highest BCUT2D eigenvalue weighted by atomic mass is 16.2. The van der Waals surface area contributed by atoms with Crippen molar-refractivity contribution in [3.8, 4) is 0 Å². The van der Waals surface area contributed by atoms with Crippen molar-refractivity contribution in [2.45, 2.75) is 26.2 Å². The van der Waals surface area contributed by atoms with Gasteiger partial charge < -0.3 is 10.2 Å². The molecule has 3 rings (SSSR count). The summed E-state index contributed by atoms with van der Waals surface area (Å²) in [6.07, 6.45) is 6.20. The highest BCUT2D eigenvalue weighted by Gasteiger charge is 2.24. The lowest BCUT2D eigenvalue weighted by atomic mass is 10.0. The van der Waals surface area contributed by atoms with Crippen LogP contribution in [0.15, 0.2) is 36.7 Å². The number of para-hydroxylation sites is 1. The van der Waals surface area contributed by atoms with Gasteiger partial charge in [0.25, 0.3) is 5.91 Å². The zero-order valence-electron chi connectivity index (χ0n) is 12.7. The zero-order chi connectivity index (χ0) is 15.4. The molecule has 1 aliphatic rings. The molecule has 0 bridgehead atoms. The third-order valence-corrected chi connectivity index (χ3v) is 3.78. The first-order valence-electron chi connectivity index (χ1n) is 7.75. The van der Waals surface area contributed by atoms with Crippen LogP contribution in [0.4, 0.5) is 11.5 Å². The maximum absolute atomic E-state index is 12.7. The maximum Gasteiger partial charge on any atom is 0.278 e. The smallest absolute Gasteiger partial charge is 0.278 e. The van der Waals surface area contributed by atoms with Gasteiger partial charge in [-0.05, 0) is 30.9 Å². The molecule has 114 valence electrons. The molecule has 0 saturated carbocycles. The van der Waals surface area contributed by atoms with E-state index in [0.29, 0.717) is 11.5 Å². The Morgan fingerprint density at radius 1 is 1.27 bits per heavy atom. The van der Waals surface area contributed by atoms with E-state index < -0.39 is 0 Å². The van der Waals surface area contributed by atoms with Crippen LogP contribution in [0.5, 0.6) is 0 Å². The molecule has 1 N–H and O–H groups in total. The van der Waals surface area contributed by atoms with Crippen molar-refractivity contribution in [2.75, 3.05) is 23.3 Å². The van der Waals surface area contributed by atoms with Crippen LogP contribution in [0.25, 0.3) is 0 Å². The highest BCUT2D eigenvalue weighted by molar-refractivity contribution is 6.05. The Balaban J connectivity index is 1.80. The number of nitrogens with one attached hydrogen (secondary N) is 1.